The average Bonchev–Trinajstić information content (AvgIpc) is 2.11. The van der Waals surface area contributed by atoms with Gasteiger partial charge in [0.15, 0.2) is 0 Å². The van der Waals surface area contributed by atoms with Crippen LogP contribution >= 0.6 is 46.6 Å². The standard InChI is InChI=1S/C10H17Cl3NOS/c1-6(2)14-10(15-7(3)4)16-5-8(11)9(12)13/h6-7,14H,5H2,1-4H3. The molecular formula is C10H17Cl3NOS. The summed E-state index contributed by atoms with van der Waals surface area (Å²) in [5, 5.41) is 3.62. The fourth-order valence-corrected chi connectivity index (χ4v) is 2.18. The van der Waals surface area contributed by atoms with Crippen LogP contribution in [0.3, 0.4) is 0 Å². The molecule has 16 heavy (non-hydrogen) atoms. The van der Waals surface area contributed by atoms with Crippen molar-refractivity contribution in [3.8, 4) is 0 Å². The number of ether oxygens (including phenoxy) is 1. The van der Waals surface area contributed by atoms with E-state index in [4.69, 9.17) is 39.5 Å². The minimum atomic E-state index is 0.0996. The molecule has 0 atom stereocenters. The Morgan fingerprint density at radius 3 is 2.12 bits per heavy atom. The van der Waals surface area contributed by atoms with E-state index in [1.54, 1.807) is 0 Å². The Labute approximate surface area is 117 Å². The van der Waals surface area contributed by atoms with Crippen LogP contribution < -0.4 is 5.32 Å². The summed E-state index contributed by atoms with van der Waals surface area (Å²) in [5.74, 6) is 0.492. The number of hydrogen-bond acceptors (Lipinski definition) is 3. The van der Waals surface area contributed by atoms with Crippen LogP contribution in [-0.2, 0) is 4.74 Å². The molecule has 0 saturated heterocycles. The second kappa shape index (κ2) is 8.90. The molecule has 1 N–H and O–H groups in total. The highest BCUT2D eigenvalue weighted by molar-refractivity contribution is 8.02. The van der Waals surface area contributed by atoms with Crippen molar-refractivity contribution in [2.75, 3.05) is 5.75 Å². The van der Waals surface area contributed by atoms with Gasteiger partial charge in [-0.25, -0.2) is 0 Å². The average molecular weight is 306 g/mol. The van der Waals surface area contributed by atoms with E-state index in [0.29, 0.717) is 16.8 Å². The number of nitrogens with one attached hydrogen (secondary N) is 1. The van der Waals surface area contributed by atoms with Crippen LogP contribution in [-0.4, -0.2) is 17.9 Å². The first-order valence-electron chi connectivity index (χ1n) is 4.95. The van der Waals surface area contributed by atoms with E-state index in [-0.39, 0.29) is 10.6 Å². The van der Waals surface area contributed by atoms with Crippen LogP contribution in [0.5, 0.6) is 0 Å². The van der Waals surface area contributed by atoms with E-state index in [2.05, 4.69) is 5.32 Å². The van der Waals surface area contributed by atoms with Gasteiger partial charge in [0.1, 0.15) is 4.49 Å². The fourth-order valence-electron chi connectivity index (χ4n) is 0.743. The quantitative estimate of drug-likeness (QED) is 0.749. The third-order valence-corrected chi connectivity index (χ3v) is 3.32. The lowest BCUT2D eigenvalue weighted by Crippen LogP contribution is -2.30. The van der Waals surface area contributed by atoms with Crippen LogP contribution in [0, 0.1) is 5.56 Å². The maximum Gasteiger partial charge on any atom is 0.222 e. The van der Waals surface area contributed by atoms with Gasteiger partial charge in [-0.1, -0.05) is 34.8 Å². The number of rotatable bonds is 7. The molecule has 0 aliphatic rings. The third kappa shape index (κ3) is 8.97. The predicted octanol–water partition coefficient (Wildman–Crippen LogP) is 4.48. The number of hydrogen-bond donors (Lipinski definition) is 1. The zero-order chi connectivity index (χ0) is 12.7. The summed E-state index contributed by atoms with van der Waals surface area (Å²) in [5.41, 5.74) is 0.734. The lowest BCUT2D eigenvalue weighted by atomic mass is 10.4. The summed E-state index contributed by atoms with van der Waals surface area (Å²) in [6.07, 6.45) is 0.114. The van der Waals surface area contributed by atoms with Crippen molar-refractivity contribution < 1.29 is 4.74 Å². The van der Waals surface area contributed by atoms with Gasteiger partial charge in [-0.2, -0.15) is 0 Å². The lowest BCUT2D eigenvalue weighted by molar-refractivity contribution is 0.102. The molecule has 0 heterocycles. The number of thioether (sulfide) groups is 1. The van der Waals surface area contributed by atoms with Crippen molar-refractivity contribution in [1.82, 2.24) is 5.32 Å². The first kappa shape index (κ1) is 16.9. The predicted molar refractivity (Wildman–Crippen MR) is 74.8 cm³/mol. The van der Waals surface area contributed by atoms with E-state index in [0.717, 1.165) is 5.56 Å². The highest BCUT2D eigenvalue weighted by Gasteiger charge is 2.15. The zero-order valence-corrected chi connectivity index (χ0v) is 12.9. The van der Waals surface area contributed by atoms with Crippen molar-refractivity contribution in [2.24, 2.45) is 0 Å². The third-order valence-electron chi connectivity index (χ3n) is 1.28. The van der Waals surface area contributed by atoms with Crippen molar-refractivity contribution >= 4 is 46.6 Å². The summed E-state index contributed by atoms with van der Waals surface area (Å²) < 4.78 is 5.69. The van der Waals surface area contributed by atoms with Gasteiger partial charge in [-0.05, 0) is 27.7 Å². The lowest BCUT2D eigenvalue weighted by Gasteiger charge is -2.21. The minimum absolute atomic E-state index is 0.0996. The van der Waals surface area contributed by atoms with Gasteiger partial charge in [0.25, 0.3) is 0 Å². The van der Waals surface area contributed by atoms with Crippen molar-refractivity contribution in [1.29, 1.82) is 0 Å². The van der Waals surface area contributed by atoms with E-state index in [9.17, 15) is 0 Å². The molecule has 0 unspecified atom stereocenters. The summed E-state index contributed by atoms with van der Waals surface area (Å²) in [6, 6.07) is 0.301. The molecule has 0 aliphatic heterocycles. The summed E-state index contributed by atoms with van der Waals surface area (Å²) in [7, 11) is 0. The fraction of sp³-hybridized carbons (Fsp3) is 0.700. The van der Waals surface area contributed by atoms with Gasteiger partial charge in [0, 0.05) is 11.8 Å². The van der Waals surface area contributed by atoms with E-state index in [1.807, 2.05) is 27.7 Å². The molecule has 0 aromatic rings. The van der Waals surface area contributed by atoms with Gasteiger partial charge in [0.05, 0.1) is 11.1 Å². The van der Waals surface area contributed by atoms with Gasteiger partial charge >= 0.3 is 0 Å². The Morgan fingerprint density at radius 1 is 1.19 bits per heavy atom. The molecule has 0 spiro atoms. The van der Waals surface area contributed by atoms with Crippen molar-refractivity contribution in [2.45, 2.75) is 39.8 Å². The maximum atomic E-state index is 5.83. The second-order valence-electron chi connectivity index (χ2n) is 3.71. The number of halogens is 3. The summed E-state index contributed by atoms with van der Waals surface area (Å²) >= 11 is 18.4. The Balaban J connectivity index is 4.16. The Hall–Kier alpha value is 0.880. The van der Waals surface area contributed by atoms with Crippen LogP contribution in [0.1, 0.15) is 27.7 Å². The maximum absolute atomic E-state index is 5.83. The van der Waals surface area contributed by atoms with Gasteiger partial charge in [0.2, 0.25) is 5.56 Å². The minimum Gasteiger partial charge on any atom is -0.344 e. The van der Waals surface area contributed by atoms with E-state index < -0.39 is 0 Å². The molecule has 0 aromatic heterocycles. The van der Waals surface area contributed by atoms with Crippen molar-refractivity contribution in [3.05, 3.63) is 15.1 Å². The van der Waals surface area contributed by atoms with Crippen LogP contribution in [0.15, 0.2) is 9.52 Å². The smallest absolute Gasteiger partial charge is 0.222 e. The first-order chi connectivity index (χ1) is 7.32. The molecule has 0 rings (SSSR count). The Kier molecular flexibility index (Phi) is 9.39. The molecule has 1 radical (unpaired) electrons. The molecule has 2 nitrogen and oxygen atoms in total. The largest absolute Gasteiger partial charge is 0.344 e. The Morgan fingerprint density at radius 2 is 1.75 bits per heavy atom. The van der Waals surface area contributed by atoms with Crippen molar-refractivity contribution in [3.63, 3.8) is 0 Å². The molecular weight excluding hydrogens is 289 g/mol. The second-order valence-corrected chi connectivity index (χ2v) is 6.06. The molecule has 0 saturated carbocycles. The topological polar surface area (TPSA) is 21.3 Å². The highest BCUT2D eigenvalue weighted by atomic mass is 35.5. The monoisotopic (exact) mass is 304 g/mol. The van der Waals surface area contributed by atoms with Gasteiger partial charge in [-0.3, -0.25) is 5.32 Å². The summed E-state index contributed by atoms with van der Waals surface area (Å²) in [4.78, 5) is 0. The Bertz CT molecular complexity index is 220. The summed E-state index contributed by atoms with van der Waals surface area (Å²) in [6.45, 7) is 8.01. The van der Waals surface area contributed by atoms with Gasteiger partial charge in [-0.15, -0.1) is 11.8 Å². The van der Waals surface area contributed by atoms with E-state index >= 15 is 0 Å². The highest BCUT2D eigenvalue weighted by Crippen LogP contribution is 2.27. The van der Waals surface area contributed by atoms with Crippen LogP contribution in [0.2, 0.25) is 0 Å². The zero-order valence-electron chi connectivity index (χ0n) is 9.81. The van der Waals surface area contributed by atoms with Crippen LogP contribution in [0.4, 0.5) is 0 Å². The molecule has 0 amide bonds. The molecule has 95 valence electrons. The normalized spacial score (nSPS) is 11.6. The molecule has 6 heteroatoms. The molecule has 0 fully saturated rings. The van der Waals surface area contributed by atoms with Crippen LogP contribution in [0.25, 0.3) is 0 Å². The SMILES string of the molecule is CC(C)N[C](OC(C)C)SCC(Cl)=C(Cl)Cl. The molecule has 0 aliphatic carbocycles. The van der Waals surface area contributed by atoms with Gasteiger partial charge < -0.3 is 4.74 Å². The van der Waals surface area contributed by atoms with E-state index in [1.165, 1.54) is 11.8 Å². The molecule has 0 bridgehead atoms. The molecule has 0 aromatic carbocycles. The first-order valence-corrected chi connectivity index (χ1v) is 7.07.